The highest BCUT2D eigenvalue weighted by molar-refractivity contribution is 5.99. The van der Waals surface area contributed by atoms with Crippen molar-refractivity contribution >= 4 is 23.3 Å². The van der Waals surface area contributed by atoms with Gasteiger partial charge in [-0.05, 0) is 43.0 Å². The van der Waals surface area contributed by atoms with Gasteiger partial charge in [-0.25, -0.2) is 4.98 Å². The Morgan fingerprint density at radius 1 is 1.03 bits per heavy atom. The monoisotopic (exact) mass is 460 g/mol. The summed E-state index contributed by atoms with van der Waals surface area (Å²) in [6.07, 6.45) is 0.382. The van der Waals surface area contributed by atoms with E-state index in [1.54, 1.807) is 0 Å². The number of amides is 2. The lowest BCUT2D eigenvalue weighted by Gasteiger charge is -2.32. The highest BCUT2D eigenvalue weighted by Gasteiger charge is 2.39. The van der Waals surface area contributed by atoms with Crippen LogP contribution in [0.25, 0.3) is 0 Å². The molecule has 4 rings (SSSR count). The molecule has 1 aliphatic carbocycles. The molecule has 2 amide bonds. The Morgan fingerprint density at radius 2 is 1.79 bits per heavy atom. The fourth-order valence-electron chi connectivity index (χ4n) is 4.68. The van der Waals surface area contributed by atoms with E-state index in [-0.39, 0.29) is 30.2 Å². The maximum atomic E-state index is 13.3. The number of nitrogens with zero attached hydrogens (tertiary/aromatic N) is 2. The summed E-state index contributed by atoms with van der Waals surface area (Å²) < 4.78 is 37.9. The molecule has 2 N–H and O–H groups in total. The van der Waals surface area contributed by atoms with Gasteiger partial charge in [-0.15, -0.1) is 0 Å². The van der Waals surface area contributed by atoms with E-state index in [0.717, 1.165) is 42.8 Å². The second-order valence-electron chi connectivity index (χ2n) is 8.51. The third-order valence-electron chi connectivity index (χ3n) is 6.39. The molecule has 2 heterocycles. The van der Waals surface area contributed by atoms with Gasteiger partial charge in [0, 0.05) is 37.4 Å². The van der Waals surface area contributed by atoms with Gasteiger partial charge in [0.05, 0.1) is 11.5 Å². The number of aromatic nitrogens is 1. The number of carbonyl (C=O) groups excluding carboxylic acids is 2. The molecule has 0 spiro atoms. The lowest BCUT2D eigenvalue weighted by Crippen LogP contribution is -2.45. The minimum absolute atomic E-state index is 0.0203. The molecule has 0 radical (unpaired) electrons. The molecule has 9 heteroatoms. The first kappa shape index (κ1) is 23.1. The van der Waals surface area contributed by atoms with Gasteiger partial charge in [-0.1, -0.05) is 31.0 Å². The second kappa shape index (κ2) is 9.80. The van der Waals surface area contributed by atoms with E-state index < -0.39 is 11.7 Å². The van der Waals surface area contributed by atoms with Crippen LogP contribution in [0.1, 0.15) is 36.8 Å². The van der Waals surface area contributed by atoms with Crippen molar-refractivity contribution in [3.05, 3.63) is 53.7 Å². The quantitative estimate of drug-likeness (QED) is 0.639. The maximum absolute atomic E-state index is 13.3. The fourth-order valence-corrected chi connectivity index (χ4v) is 4.68. The largest absolute Gasteiger partial charge is 0.417 e. The number of benzene rings is 1. The molecule has 1 aromatic carbocycles. The summed E-state index contributed by atoms with van der Waals surface area (Å²) in [5, 5.41) is 5.78. The van der Waals surface area contributed by atoms with Crippen LogP contribution in [-0.2, 0) is 22.2 Å². The Kier molecular flexibility index (Phi) is 6.85. The minimum Gasteiger partial charge on any atom is -0.368 e. The van der Waals surface area contributed by atoms with Crippen LogP contribution < -0.4 is 15.5 Å². The van der Waals surface area contributed by atoms with E-state index in [4.69, 9.17) is 0 Å². The molecule has 2 unspecified atom stereocenters. The molecule has 1 fully saturated rings. The number of hydrogen-bond donors (Lipinski definition) is 2. The van der Waals surface area contributed by atoms with E-state index in [1.165, 1.54) is 6.07 Å². The van der Waals surface area contributed by atoms with Crippen molar-refractivity contribution in [2.45, 2.75) is 38.3 Å². The Morgan fingerprint density at radius 3 is 2.52 bits per heavy atom. The first-order valence-electron chi connectivity index (χ1n) is 11.3. The zero-order valence-electron chi connectivity index (χ0n) is 18.2. The summed E-state index contributed by atoms with van der Waals surface area (Å²) in [6, 6.07) is 10.1. The predicted octanol–water partition coefficient (Wildman–Crippen LogP) is 4.02. The normalized spacial score (nSPS) is 20.3. The van der Waals surface area contributed by atoms with Crippen molar-refractivity contribution in [3.63, 3.8) is 0 Å². The molecule has 6 nitrogen and oxygen atoms in total. The number of alkyl halides is 3. The Hall–Kier alpha value is -3.10. The summed E-state index contributed by atoms with van der Waals surface area (Å²) in [6.45, 7) is 1.24. The molecule has 0 bridgehead atoms. The number of carbonyl (C=O) groups is 2. The zero-order chi connectivity index (χ0) is 23.4. The van der Waals surface area contributed by atoms with Crippen LogP contribution in [0.4, 0.5) is 24.7 Å². The molecule has 1 saturated carbocycles. The van der Waals surface area contributed by atoms with E-state index in [2.05, 4.69) is 15.6 Å². The summed E-state index contributed by atoms with van der Waals surface area (Å²) in [7, 11) is 0. The summed E-state index contributed by atoms with van der Waals surface area (Å²) in [5.74, 6) is -0.539. The van der Waals surface area contributed by atoms with Crippen molar-refractivity contribution in [2.24, 2.45) is 11.8 Å². The maximum Gasteiger partial charge on any atom is 0.417 e. The number of para-hydroxylation sites is 1. The summed E-state index contributed by atoms with van der Waals surface area (Å²) in [4.78, 5) is 31.8. The predicted molar refractivity (Wildman–Crippen MR) is 119 cm³/mol. The third kappa shape index (κ3) is 5.29. The van der Waals surface area contributed by atoms with Crippen LogP contribution in [0.15, 0.2) is 42.6 Å². The Labute approximate surface area is 190 Å². The topological polar surface area (TPSA) is 74.3 Å². The molecular formula is C24H27F3N4O2. The first-order valence-corrected chi connectivity index (χ1v) is 11.3. The lowest BCUT2D eigenvalue weighted by atomic mass is 9.77. The van der Waals surface area contributed by atoms with Crippen molar-refractivity contribution in [1.82, 2.24) is 10.3 Å². The zero-order valence-corrected chi connectivity index (χ0v) is 18.2. The fraction of sp³-hybridized carbons (Fsp3) is 0.458. The third-order valence-corrected chi connectivity index (χ3v) is 6.39. The summed E-state index contributed by atoms with van der Waals surface area (Å²) in [5.41, 5.74) is 1.29. The van der Waals surface area contributed by atoms with Gasteiger partial charge in [0.25, 0.3) is 0 Å². The van der Waals surface area contributed by atoms with Gasteiger partial charge in [-0.2, -0.15) is 13.2 Å². The SMILES string of the molecule is O=C(NCCNc1ccc(C(F)(F)F)cn1)C1CCCCC1C(=O)N1CCc2ccccc21. The minimum atomic E-state index is -4.43. The van der Waals surface area contributed by atoms with E-state index in [0.29, 0.717) is 31.7 Å². The number of anilines is 2. The lowest BCUT2D eigenvalue weighted by molar-refractivity contribution is -0.137. The van der Waals surface area contributed by atoms with Gasteiger partial charge in [0.2, 0.25) is 11.8 Å². The van der Waals surface area contributed by atoms with Gasteiger partial charge < -0.3 is 15.5 Å². The number of hydrogen-bond acceptors (Lipinski definition) is 4. The smallest absolute Gasteiger partial charge is 0.368 e. The molecule has 2 aromatic rings. The average Bonchev–Trinajstić information content (AvgIpc) is 3.25. The molecule has 1 aromatic heterocycles. The average molecular weight is 461 g/mol. The highest BCUT2D eigenvalue weighted by Crippen LogP contribution is 2.36. The van der Waals surface area contributed by atoms with Crippen LogP contribution in [0.3, 0.4) is 0 Å². The van der Waals surface area contributed by atoms with Crippen LogP contribution in [0.5, 0.6) is 0 Å². The molecule has 33 heavy (non-hydrogen) atoms. The van der Waals surface area contributed by atoms with Gasteiger partial charge in [-0.3, -0.25) is 9.59 Å². The number of halogens is 3. The number of fused-ring (bicyclic) bond motifs is 1. The van der Waals surface area contributed by atoms with Gasteiger partial charge >= 0.3 is 6.18 Å². The van der Waals surface area contributed by atoms with E-state index in [1.807, 2.05) is 29.2 Å². The van der Waals surface area contributed by atoms with E-state index in [9.17, 15) is 22.8 Å². The van der Waals surface area contributed by atoms with Gasteiger partial charge in [0.1, 0.15) is 5.82 Å². The highest BCUT2D eigenvalue weighted by atomic mass is 19.4. The molecule has 0 saturated heterocycles. The Bertz CT molecular complexity index is 994. The molecule has 1 aliphatic heterocycles. The van der Waals surface area contributed by atoms with Crippen LogP contribution >= 0.6 is 0 Å². The van der Waals surface area contributed by atoms with E-state index >= 15 is 0 Å². The summed E-state index contributed by atoms with van der Waals surface area (Å²) >= 11 is 0. The van der Waals surface area contributed by atoms with Crippen molar-refractivity contribution < 1.29 is 22.8 Å². The number of nitrogens with one attached hydrogen (secondary N) is 2. The van der Waals surface area contributed by atoms with Crippen molar-refractivity contribution in [1.29, 1.82) is 0 Å². The molecular weight excluding hydrogens is 433 g/mol. The first-order chi connectivity index (χ1) is 15.8. The second-order valence-corrected chi connectivity index (χ2v) is 8.51. The van der Waals surface area contributed by atoms with Crippen molar-refractivity contribution in [2.75, 3.05) is 29.9 Å². The standard InChI is InChI=1S/C24H27F3N4O2/c25-24(26,27)17-9-10-21(30-15-17)28-12-13-29-22(32)18-6-2-3-7-19(18)23(33)31-14-11-16-5-1-4-8-20(16)31/h1,4-5,8-10,15,18-19H,2-3,6-7,11-14H2,(H,28,30)(H,29,32). The van der Waals surface area contributed by atoms with Crippen LogP contribution in [0, 0.1) is 11.8 Å². The van der Waals surface area contributed by atoms with Gasteiger partial charge in [0.15, 0.2) is 0 Å². The van der Waals surface area contributed by atoms with Crippen molar-refractivity contribution in [3.8, 4) is 0 Å². The molecule has 2 atom stereocenters. The molecule has 176 valence electrons. The number of pyridine rings is 1. The molecule has 2 aliphatic rings. The number of rotatable bonds is 6. The van der Waals surface area contributed by atoms with Crippen LogP contribution in [0.2, 0.25) is 0 Å². The van der Waals surface area contributed by atoms with Crippen LogP contribution in [-0.4, -0.2) is 36.4 Å². The Balaban J connectivity index is 1.30.